The maximum atomic E-state index is 11.3. The van der Waals surface area contributed by atoms with E-state index in [-0.39, 0.29) is 16.6 Å². The van der Waals surface area contributed by atoms with E-state index >= 15 is 0 Å². The number of nitrogens with zero attached hydrogens (tertiary/aromatic N) is 3. The van der Waals surface area contributed by atoms with Crippen LogP contribution in [0.15, 0.2) is 158 Å². The van der Waals surface area contributed by atoms with Crippen molar-refractivity contribution in [2.24, 2.45) is 0 Å². The molecule has 0 saturated heterocycles. The zero-order chi connectivity index (χ0) is 37.6. The molecule has 2 heterocycles. The summed E-state index contributed by atoms with van der Waals surface area (Å²) >= 11 is 0. The van der Waals surface area contributed by atoms with E-state index in [2.05, 4.69) is 167 Å². The van der Waals surface area contributed by atoms with Gasteiger partial charge in [-0.1, -0.05) is 139 Å². The third-order valence-electron chi connectivity index (χ3n) is 10.3. The molecule has 2 aromatic heterocycles. The standard InChI is InChI=1S/C50H45N3O/c1-49(2,3)38-24-25-44(42(32-38)34-18-11-8-12-19-34)53-45-22-15-21-40(47(45)52-48(53)41-20-13-14-23-46(41)54)36-28-37(30-39(29-36)50(4,5)6)43-31-35(26-27-51-43)33-16-9-7-10-17-33/h7-32,54H,1-6H3. The molecular weight excluding hydrogens is 659 g/mol. The summed E-state index contributed by atoms with van der Waals surface area (Å²) in [6.07, 6.45) is 1.90. The van der Waals surface area contributed by atoms with Crippen molar-refractivity contribution in [3.63, 3.8) is 0 Å². The van der Waals surface area contributed by atoms with E-state index in [0.717, 1.165) is 61.4 Å². The summed E-state index contributed by atoms with van der Waals surface area (Å²) in [4.78, 5) is 10.3. The van der Waals surface area contributed by atoms with Gasteiger partial charge in [0, 0.05) is 22.9 Å². The minimum atomic E-state index is -0.116. The predicted octanol–water partition coefficient (Wildman–Crippen LogP) is 13.1. The van der Waals surface area contributed by atoms with Crippen LogP contribution in [0.4, 0.5) is 0 Å². The number of benzene rings is 6. The van der Waals surface area contributed by atoms with Gasteiger partial charge in [-0.05, 0) is 98.8 Å². The summed E-state index contributed by atoms with van der Waals surface area (Å²) in [5.74, 6) is 0.866. The molecule has 54 heavy (non-hydrogen) atoms. The summed E-state index contributed by atoms with van der Waals surface area (Å²) in [7, 11) is 0. The Bertz CT molecular complexity index is 2620. The van der Waals surface area contributed by atoms with Crippen molar-refractivity contribution in [3.8, 4) is 67.5 Å². The van der Waals surface area contributed by atoms with E-state index in [0.29, 0.717) is 11.4 Å². The molecule has 0 aliphatic heterocycles. The lowest BCUT2D eigenvalue weighted by atomic mass is 9.83. The second kappa shape index (κ2) is 13.6. The smallest absolute Gasteiger partial charge is 0.149 e. The highest BCUT2D eigenvalue weighted by Gasteiger charge is 2.25. The van der Waals surface area contributed by atoms with Crippen LogP contribution in [0.2, 0.25) is 0 Å². The van der Waals surface area contributed by atoms with E-state index in [1.165, 1.54) is 11.1 Å². The average Bonchev–Trinajstić information content (AvgIpc) is 3.57. The third kappa shape index (κ3) is 6.60. The topological polar surface area (TPSA) is 50.9 Å². The molecule has 0 atom stereocenters. The van der Waals surface area contributed by atoms with Gasteiger partial charge in [0.2, 0.25) is 0 Å². The lowest BCUT2D eigenvalue weighted by Gasteiger charge is -2.23. The van der Waals surface area contributed by atoms with Crippen molar-refractivity contribution in [1.82, 2.24) is 14.5 Å². The van der Waals surface area contributed by atoms with Gasteiger partial charge in [0.05, 0.1) is 28.0 Å². The monoisotopic (exact) mass is 703 g/mol. The van der Waals surface area contributed by atoms with Gasteiger partial charge in [0.1, 0.15) is 11.6 Å². The highest BCUT2D eigenvalue weighted by molar-refractivity contribution is 5.97. The molecule has 0 unspecified atom stereocenters. The maximum Gasteiger partial charge on any atom is 0.149 e. The highest BCUT2D eigenvalue weighted by Crippen LogP contribution is 2.42. The number of hydrogen-bond acceptors (Lipinski definition) is 3. The molecule has 0 spiro atoms. The molecule has 1 N–H and O–H groups in total. The maximum absolute atomic E-state index is 11.3. The predicted molar refractivity (Wildman–Crippen MR) is 225 cm³/mol. The van der Waals surface area contributed by atoms with Crippen LogP contribution >= 0.6 is 0 Å². The van der Waals surface area contributed by atoms with Crippen LogP contribution in [-0.2, 0) is 10.8 Å². The van der Waals surface area contributed by atoms with E-state index in [1.807, 2.05) is 30.5 Å². The zero-order valence-electron chi connectivity index (χ0n) is 31.8. The number of hydrogen-bond donors (Lipinski definition) is 1. The lowest BCUT2D eigenvalue weighted by molar-refractivity contribution is 0.477. The van der Waals surface area contributed by atoms with Crippen LogP contribution in [0.1, 0.15) is 52.7 Å². The number of para-hydroxylation sites is 2. The fourth-order valence-electron chi connectivity index (χ4n) is 7.23. The molecule has 8 aromatic rings. The molecular formula is C50H45N3O. The van der Waals surface area contributed by atoms with E-state index in [1.54, 1.807) is 6.07 Å². The van der Waals surface area contributed by atoms with E-state index in [9.17, 15) is 5.11 Å². The number of phenolic OH excluding ortho intramolecular Hbond substituents is 1. The molecule has 8 rings (SSSR count). The molecule has 4 nitrogen and oxygen atoms in total. The molecule has 0 amide bonds. The Labute approximate surface area is 318 Å². The fourth-order valence-corrected chi connectivity index (χ4v) is 7.23. The van der Waals surface area contributed by atoms with Crippen molar-refractivity contribution < 1.29 is 5.11 Å². The Morgan fingerprint density at radius 2 is 1.13 bits per heavy atom. The largest absolute Gasteiger partial charge is 0.507 e. The number of fused-ring (bicyclic) bond motifs is 1. The first kappa shape index (κ1) is 34.8. The van der Waals surface area contributed by atoms with E-state index in [4.69, 9.17) is 9.97 Å². The second-order valence-electron chi connectivity index (χ2n) is 16.2. The van der Waals surface area contributed by atoms with Crippen LogP contribution in [-0.4, -0.2) is 19.6 Å². The number of rotatable bonds is 6. The fraction of sp³-hybridized carbons (Fsp3) is 0.160. The minimum Gasteiger partial charge on any atom is -0.507 e. The lowest BCUT2D eigenvalue weighted by Crippen LogP contribution is -2.12. The SMILES string of the molecule is CC(C)(C)c1cc(-c2cc(-c3ccccc3)ccn2)cc(-c2cccc3c2nc(-c2ccccc2O)n3-c2ccc(C(C)(C)C)cc2-c2ccccc2)c1. The molecule has 266 valence electrons. The quantitative estimate of drug-likeness (QED) is 0.188. The van der Waals surface area contributed by atoms with Crippen LogP contribution in [0.25, 0.3) is 72.7 Å². The van der Waals surface area contributed by atoms with Crippen LogP contribution in [0.5, 0.6) is 5.75 Å². The average molecular weight is 704 g/mol. The molecule has 4 heteroatoms. The van der Waals surface area contributed by atoms with Gasteiger partial charge in [0.15, 0.2) is 0 Å². The molecule has 0 bridgehead atoms. The zero-order valence-corrected chi connectivity index (χ0v) is 31.8. The normalized spacial score (nSPS) is 12.0. The third-order valence-corrected chi connectivity index (χ3v) is 10.3. The van der Waals surface area contributed by atoms with Crippen molar-refractivity contribution in [3.05, 3.63) is 169 Å². The molecule has 0 aliphatic carbocycles. The molecule has 6 aromatic carbocycles. The van der Waals surface area contributed by atoms with Crippen LogP contribution < -0.4 is 0 Å². The summed E-state index contributed by atoms with van der Waals surface area (Å²) in [6.45, 7) is 13.5. The van der Waals surface area contributed by atoms with Gasteiger partial charge in [-0.2, -0.15) is 0 Å². The molecule has 0 fully saturated rings. The van der Waals surface area contributed by atoms with Gasteiger partial charge in [-0.3, -0.25) is 9.55 Å². The first-order valence-corrected chi connectivity index (χ1v) is 18.6. The minimum absolute atomic E-state index is 0.0436. The van der Waals surface area contributed by atoms with Gasteiger partial charge in [-0.15, -0.1) is 0 Å². The van der Waals surface area contributed by atoms with Gasteiger partial charge < -0.3 is 5.11 Å². The van der Waals surface area contributed by atoms with Gasteiger partial charge >= 0.3 is 0 Å². The Morgan fingerprint density at radius 1 is 0.481 bits per heavy atom. The number of pyridine rings is 1. The molecule has 0 aliphatic rings. The van der Waals surface area contributed by atoms with Crippen molar-refractivity contribution >= 4 is 11.0 Å². The summed E-state index contributed by atoms with van der Waals surface area (Å²) in [5.41, 5.74) is 14.3. The Morgan fingerprint density at radius 3 is 1.83 bits per heavy atom. The number of aromatic nitrogens is 3. The first-order chi connectivity index (χ1) is 26.0. The molecule has 0 radical (unpaired) electrons. The number of aromatic hydroxyl groups is 1. The van der Waals surface area contributed by atoms with Gasteiger partial charge in [0.25, 0.3) is 0 Å². The Balaban J connectivity index is 1.40. The summed E-state index contributed by atoms with van der Waals surface area (Å²) < 4.78 is 2.22. The Hall–Kier alpha value is -6.26. The first-order valence-electron chi connectivity index (χ1n) is 18.6. The number of phenols is 1. The number of imidazole rings is 1. The summed E-state index contributed by atoms with van der Waals surface area (Å²) in [6, 6.07) is 52.7. The van der Waals surface area contributed by atoms with Crippen LogP contribution in [0, 0.1) is 0 Å². The second-order valence-corrected chi connectivity index (χ2v) is 16.2. The van der Waals surface area contributed by atoms with Gasteiger partial charge in [-0.25, -0.2) is 4.98 Å². The van der Waals surface area contributed by atoms with Crippen molar-refractivity contribution in [2.75, 3.05) is 0 Å². The van der Waals surface area contributed by atoms with Crippen molar-refractivity contribution in [1.29, 1.82) is 0 Å². The molecule has 0 saturated carbocycles. The van der Waals surface area contributed by atoms with Crippen LogP contribution in [0.3, 0.4) is 0 Å². The highest BCUT2D eigenvalue weighted by atomic mass is 16.3. The van der Waals surface area contributed by atoms with Crippen molar-refractivity contribution in [2.45, 2.75) is 52.4 Å². The summed E-state index contributed by atoms with van der Waals surface area (Å²) in [5, 5.41) is 11.3. The Kier molecular flexibility index (Phi) is 8.78. The van der Waals surface area contributed by atoms with E-state index < -0.39 is 0 Å².